The zero-order chi connectivity index (χ0) is 15.5. The highest BCUT2D eigenvalue weighted by Gasteiger charge is 2.28. The number of fused-ring (bicyclic) bond motifs is 1. The monoisotopic (exact) mass is 300 g/mol. The fraction of sp³-hybridized carbons (Fsp3) is 0.438. The molecule has 22 heavy (non-hydrogen) atoms. The number of aromatic nitrogens is 3. The number of aryl methyl sites for hydroxylation is 2. The molecule has 0 bridgehead atoms. The third-order valence-corrected chi connectivity index (χ3v) is 4.08. The third kappa shape index (κ3) is 2.81. The van der Waals surface area contributed by atoms with Gasteiger partial charge in [-0.1, -0.05) is 36.8 Å². The van der Waals surface area contributed by atoms with Gasteiger partial charge in [0.15, 0.2) is 0 Å². The molecule has 0 radical (unpaired) electrons. The van der Waals surface area contributed by atoms with Gasteiger partial charge in [-0.05, 0) is 18.4 Å². The molecule has 0 spiro atoms. The Labute approximate surface area is 128 Å². The number of rotatable bonds is 3. The molecule has 1 aliphatic rings. The standard InChI is InChI=1S/C16H20N4O2/c1-19-16(22)20-13(9-5-6-10-14(20)18-19)15(21)17-11-12-7-3-2-4-8-12/h2-4,7-8,13H,5-6,9-11H2,1H3,(H,17,21). The molecule has 116 valence electrons. The van der Waals surface area contributed by atoms with Crippen LogP contribution in [0, 0.1) is 0 Å². The van der Waals surface area contributed by atoms with Crippen LogP contribution in [-0.2, 0) is 24.8 Å². The Hall–Kier alpha value is -2.37. The van der Waals surface area contributed by atoms with Crippen LogP contribution in [0.2, 0.25) is 0 Å². The minimum Gasteiger partial charge on any atom is -0.350 e. The molecule has 3 rings (SSSR count). The molecular weight excluding hydrogens is 280 g/mol. The molecule has 1 unspecified atom stereocenters. The lowest BCUT2D eigenvalue weighted by Gasteiger charge is -2.16. The summed E-state index contributed by atoms with van der Waals surface area (Å²) in [5, 5.41) is 7.19. The van der Waals surface area contributed by atoms with E-state index < -0.39 is 6.04 Å². The van der Waals surface area contributed by atoms with Crippen molar-refractivity contribution in [2.24, 2.45) is 7.05 Å². The van der Waals surface area contributed by atoms with Gasteiger partial charge in [-0.3, -0.25) is 9.36 Å². The molecule has 2 aromatic rings. The molecule has 6 heteroatoms. The molecule has 0 saturated carbocycles. The van der Waals surface area contributed by atoms with Crippen LogP contribution in [-0.4, -0.2) is 20.3 Å². The summed E-state index contributed by atoms with van der Waals surface area (Å²) in [4.78, 5) is 24.8. The van der Waals surface area contributed by atoms with Crippen molar-refractivity contribution < 1.29 is 4.79 Å². The van der Waals surface area contributed by atoms with E-state index in [1.807, 2.05) is 30.3 Å². The van der Waals surface area contributed by atoms with Gasteiger partial charge < -0.3 is 5.32 Å². The number of benzene rings is 1. The topological polar surface area (TPSA) is 68.9 Å². The van der Waals surface area contributed by atoms with Crippen molar-refractivity contribution >= 4 is 5.91 Å². The van der Waals surface area contributed by atoms with Crippen LogP contribution >= 0.6 is 0 Å². The van der Waals surface area contributed by atoms with E-state index in [2.05, 4.69) is 10.4 Å². The summed E-state index contributed by atoms with van der Waals surface area (Å²) in [7, 11) is 1.63. The van der Waals surface area contributed by atoms with Crippen molar-refractivity contribution in [2.75, 3.05) is 0 Å². The molecular formula is C16H20N4O2. The van der Waals surface area contributed by atoms with Gasteiger partial charge in [0.25, 0.3) is 0 Å². The maximum Gasteiger partial charge on any atom is 0.346 e. The van der Waals surface area contributed by atoms with Gasteiger partial charge in [-0.25, -0.2) is 9.48 Å². The van der Waals surface area contributed by atoms with E-state index in [0.717, 1.165) is 24.8 Å². The van der Waals surface area contributed by atoms with Gasteiger partial charge in [-0.2, -0.15) is 5.10 Å². The molecule has 2 heterocycles. The SMILES string of the molecule is Cn1nc2n(c1=O)C(C(=O)NCc1ccccc1)CCCC2. The summed E-state index contributed by atoms with van der Waals surface area (Å²) in [6.45, 7) is 0.473. The number of hydrogen-bond donors (Lipinski definition) is 1. The van der Waals surface area contributed by atoms with E-state index in [1.165, 1.54) is 4.68 Å². The first-order chi connectivity index (χ1) is 10.7. The smallest absolute Gasteiger partial charge is 0.346 e. The first kappa shape index (κ1) is 14.6. The molecule has 0 saturated heterocycles. The highest BCUT2D eigenvalue weighted by Crippen LogP contribution is 2.21. The van der Waals surface area contributed by atoms with E-state index in [9.17, 15) is 9.59 Å². The Morgan fingerprint density at radius 2 is 2.09 bits per heavy atom. The number of carbonyl (C=O) groups excluding carboxylic acids is 1. The highest BCUT2D eigenvalue weighted by atomic mass is 16.2. The number of nitrogens with one attached hydrogen (secondary N) is 1. The third-order valence-electron chi connectivity index (χ3n) is 4.08. The van der Waals surface area contributed by atoms with Crippen LogP contribution in [0.4, 0.5) is 0 Å². The lowest BCUT2D eigenvalue weighted by atomic mass is 10.1. The quantitative estimate of drug-likeness (QED) is 0.925. The fourth-order valence-corrected chi connectivity index (χ4v) is 2.92. The number of hydrogen-bond acceptors (Lipinski definition) is 3. The van der Waals surface area contributed by atoms with Gasteiger partial charge in [-0.15, -0.1) is 0 Å². The van der Waals surface area contributed by atoms with E-state index >= 15 is 0 Å². The van der Waals surface area contributed by atoms with E-state index in [-0.39, 0.29) is 11.6 Å². The van der Waals surface area contributed by atoms with Crippen molar-refractivity contribution in [3.8, 4) is 0 Å². The minimum absolute atomic E-state index is 0.109. The molecule has 1 N–H and O–H groups in total. The molecule has 6 nitrogen and oxygen atoms in total. The van der Waals surface area contributed by atoms with Gasteiger partial charge in [0.05, 0.1) is 0 Å². The van der Waals surface area contributed by atoms with Crippen LogP contribution in [0.15, 0.2) is 35.1 Å². The molecule has 1 amide bonds. The number of amides is 1. The summed E-state index contributed by atoms with van der Waals surface area (Å²) in [5.74, 6) is 0.604. The predicted octanol–water partition coefficient (Wildman–Crippen LogP) is 1.17. The molecule has 1 aromatic heterocycles. The lowest BCUT2D eigenvalue weighted by molar-refractivity contribution is -0.124. The molecule has 1 aromatic carbocycles. The summed E-state index contributed by atoms with van der Waals surface area (Å²) < 4.78 is 2.88. The van der Waals surface area contributed by atoms with Crippen LogP contribution in [0.25, 0.3) is 0 Å². The van der Waals surface area contributed by atoms with Crippen molar-refractivity contribution in [3.63, 3.8) is 0 Å². The minimum atomic E-state index is -0.456. The van der Waals surface area contributed by atoms with Crippen molar-refractivity contribution in [1.29, 1.82) is 0 Å². The maximum atomic E-state index is 12.5. The Balaban J connectivity index is 1.79. The first-order valence-electron chi connectivity index (χ1n) is 7.63. The Morgan fingerprint density at radius 1 is 1.32 bits per heavy atom. The zero-order valence-electron chi connectivity index (χ0n) is 12.7. The first-order valence-corrected chi connectivity index (χ1v) is 7.63. The van der Waals surface area contributed by atoms with E-state index in [1.54, 1.807) is 11.6 Å². The molecule has 1 aliphatic heterocycles. The average molecular weight is 300 g/mol. The van der Waals surface area contributed by atoms with Gasteiger partial charge >= 0.3 is 5.69 Å². The summed E-state index contributed by atoms with van der Waals surface area (Å²) in [6, 6.07) is 9.30. The van der Waals surface area contributed by atoms with Gasteiger partial charge in [0.2, 0.25) is 5.91 Å². The Bertz CT molecular complexity index is 717. The number of nitrogens with zero attached hydrogens (tertiary/aromatic N) is 3. The van der Waals surface area contributed by atoms with E-state index in [0.29, 0.717) is 18.8 Å². The van der Waals surface area contributed by atoms with Crippen molar-refractivity contribution in [1.82, 2.24) is 19.7 Å². The Morgan fingerprint density at radius 3 is 2.86 bits per heavy atom. The summed E-state index contributed by atoms with van der Waals surface area (Å²) in [5.41, 5.74) is 0.833. The molecule has 0 aliphatic carbocycles. The molecule has 0 fully saturated rings. The van der Waals surface area contributed by atoms with Crippen LogP contribution in [0.5, 0.6) is 0 Å². The maximum absolute atomic E-state index is 12.5. The normalized spacial score (nSPS) is 17.6. The van der Waals surface area contributed by atoms with Crippen LogP contribution in [0.3, 0.4) is 0 Å². The molecule has 1 atom stereocenters. The second-order valence-corrected chi connectivity index (χ2v) is 5.66. The van der Waals surface area contributed by atoms with Crippen molar-refractivity contribution in [3.05, 3.63) is 52.2 Å². The second-order valence-electron chi connectivity index (χ2n) is 5.66. The predicted molar refractivity (Wildman–Crippen MR) is 82.3 cm³/mol. The van der Waals surface area contributed by atoms with Crippen molar-refractivity contribution in [2.45, 2.75) is 38.3 Å². The second kappa shape index (κ2) is 6.17. The highest BCUT2D eigenvalue weighted by molar-refractivity contribution is 5.80. The van der Waals surface area contributed by atoms with Gasteiger partial charge in [0, 0.05) is 20.0 Å². The number of carbonyl (C=O) groups is 1. The average Bonchev–Trinajstić information content (AvgIpc) is 2.71. The lowest BCUT2D eigenvalue weighted by Crippen LogP contribution is -2.37. The fourth-order valence-electron chi connectivity index (χ4n) is 2.92. The largest absolute Gasteiger partial charge is 0.350 e. The zero-order valence-corrected chi connectivity index (χ0v) is 12.7. The van der Waals surface area contributed by atoms with Gasteiger partial charge in [0.1, 0.15) is 11.9 Å². The summed E-state index contributed by atoms with van der Waals surface area (Å²) in [6.07, 6.45) is 3.31. The van der Waals surface area contributed by atoms with Crippen LogP contribution in [0.1, 0.15) is 36.7 Å². The van der Waals surface area contributed by atoms with E-state index in [4.69, 9.17) is 0 Å². The van der Waals surface area contributed by atoms with Crippen LogP contribution < -0.4 is 11.0 Å². The summed E-state index contributed by atoms with van der Waals surface area (Å²) >= 11 is 0. The Kier molecular flexibility index (Phi) is 4.09.